The van der Waals surface area contributed by atoms with Crippen molar-refractivity contribution >= 4 is 17.3 Å². The van der Waals surface area contributed by atoms with Gasteiger partial charge < -0.3 is 10.6 Å². The van der Waals surface area contributed by atoms with Gasteiger partial charge in [-0.1, -0.05) is 18.2 Å². The summed E-state index contributed by atoms with van der Waals surface area (Å²) in [6, 6.07) is 8.46. The fourth-order valence-electron chi connectivity index (χ4n) is 2.66. The molecule has 1 aromatic carbocycles. The van der Waals surface area contributed by atoms with E-state index in [1.165, 1.54) is 5.56 Å². The molecule has 1 unspecified atom stereocenters. The van der Waals surface area contributed by atoms with Crippen LogP contribution in [0.5, 0.6) is 0 Å². The van der Waals surface area contributed by atoms with Gasteiger partial charge in [-0.25, -0.2) is 0 Å². The van der Waals surface area contributed by atoms with E-state index in [2.05, 4.69) is 41.7 Å². The van der Waals surface area contributed by atoms with Crippen LogP contribution in [0.2, 0.25) is 0 Å². The van der Waals surface area contributed by atoms with Gasteiger partial charge in [0.1, 0.15) is 0 Å². The molecule has 1 aliphatic rings. The van der Waals surface area contributed by atoms with Crippen LogP contribution in [0.1, 0.15) is 37.8 Å². The second-order valence-corrected chi connectivity index (χ2v) is 5.72. The van der Waals surface area contributed by atoms with Crippen molar-refractivity contribution in [1.29, 1.82) is 0 Å². The zero-order valence-corrected chi connectivity index (χ0v) is 12.3. The molecule has 0 fully saturated rings. The number of para-hydroxylation sites is 1. The molecule has 2 aromatic rings. The smallest absolute Gasteiger partial charge is 0.225 e. The van der Waals surface area contributed by atoms with Gasteiger partial charge in [-0.05, 0) is 25.5 Å². The van der Waals surface area contributed by atoms with Crippen molar-refractivity contribution < 1.29 is 4.79 Å². The highest BCUT2D eigenvalue weighted by Crippen LogP contribution is 2.33. The number of nitrogens with zero attached hydrogens (tertiary/aromatic N) is 2. The number of hydrogen-bond acceptors (Lipinski definition) is 3. The highest BCUT2D eigenvalue weighted by atomic mass is 16.1. The maximum atomic E-state index is 12.2. The summed E-state index contributed by atoms with van der Waals surface area (Å²) < 4.78 is 1.84. The van der Waals surface area contributed by atoms with Gasteiger partial charge in [-0.3, -0.25) is 9.48 Å². The maximum Gasteiger partial charge on any atom is 0.225 e. The number of carbonyl (C=O) groups excluding carboxylic acids is 1. The summed E-state index contributed by atoms with van der Waals surface area (Å²) in [5, 5.41) is 10.5. The number of benzene rings is 1. The second kappa shape index (κ2) is 5.60. The first-order valence-corrected chi connectivity index (χ1v) is 7.30. The number of aromatic nitrogens is 2. The van der Waals surface area contributed by atoms with Gasteiger partial charge >= 0.3 is 0 Å². The molecule has 21 heavy (non-hydrogen) atoms. The van der Waals surface area contributed by atoms with E-state index in [0.717, 1.165) is 17.9 Å². The Kier molecular flexibility index (Phi) is 3.64. The Morgan fingerprint density at radius 2 is 2.29 bits per heavy atom. The number of rotatable bonds is 4. The summed E-state index contributed by atoms with van der Waals surface area (Å²) in [6.07, 6.45) is 4.04. The fraction of sp³-hybridized carbons (Fsp3) is 0.375. The average Bonchev–Trinajstić information content (AvgIpc) is 3.07. The van der Waals surface area contributed by atoms with Crippen LogP contribution >= 0.6 is 0 Å². The molecule has 0 saturated heterocycles. The number of hydrogen-bond donors (Lipinski definition) is 2. The van der Waals surface area contributed by atoms with Gasteiger partial charge in [0.05, 0.1) is 11.9 Å². The molecule has 0 aliphatic carbocycles. The van der Waals surface area contributed by atoms with Crippen LogP contribution in [0.25, 0.3) is 0 Å². The van der Waals surface area contributed by atoms with Crippen molar-refractivity contribution in [3.63, 3.8) is 0 Å². The molecule has 3 rings (SSSR count). The number of fused-ring (bicyclic) bond motifs is 1. The molecular formula is C16H20N4O. The van der Waals surface area contributed by atoms with Gasteiger partial charge in [-0.2, -0.15) is 5.10 Å². The van der Waals surface area contributed by atoms with E-state index in [1.807, 2.05) is 23.0 Å². The molecule has 5 heteroatoms. The Morgan fingerprint density at radius 3 is 3.05 bits per heavy atom. The van der Waals surface area contributed by atoms with Crippen molar-refractivity contribution in [3.05, 3.63) is 42.2 Å². The van der Waals surface area contributed by atoms with Crippen LogP contribution in [0.15, 0.2) is 36.7 Å². The zero-order chi connectivity index (χ0) is 14.8. The lowest BCUT2D eigenvalue weighted by Crippen LogP contribution is -2.16. The summed E-state index contributed by atoms with van der Waals surface area (Å²) in [5.74, 6) is 0.267. The Hall–Kier alpha value is -2.30. The molecule has 1 amide bonds. The van der Waals surface area contributed by atoms with Crippen LogP contribution in [-0.2, 0) is 4.79 Å². The van der Waals surface area contributed by atoms with E-state index in [-0.39, 0.29) is 11.8 Å². The first kappa shape index (κ1) is 13.7. The van der Waals surface area contributed by atoms with Gasteiger partial charge in [0.15, 0.2) is 0 Å². The Labute approximate surface area is 124 Å². The van der Waals surface area contributed by atoms with Gasteiger partial charge in [-0.15, -0.1) is 0 Å². The van der Waals surface area contributed by atoms with E-state index in [9.17, 15) is 4.79 Å². The minimum Gasteiger partial charge on any atom is -0.384 e. The van der Waals surface area contributed by atoms with E-state index >= 15 is 0 Å². The van der Waals surface area contributed by atoms with Gasteiger partial charge in [0.2, 0.25) is 5.91 Å². The maximum absolute atomic E-state index is 12.2. The molecule has 2 heterocycles. The number of amides is 1. The third kappa shape index (κ3) is 2.91. The van der Waals surface area contributed by atoms with E-state index in [0.29, 0.717) is 12.5 Å². The third-order valence-corrected chi connectivity index (χ3v) is 3.79. The van der Waals surface area contributed by atoms with Crippen molar-refractivity contribution in [2.75, 3.05) is 17.2 Å². The summed E-state index contributed by atoms with van der Waals surface area (Å²) >= 11 is 0. The average molecular weight is 284 g/mol. The van der Waals surface area contributed by atoms with Crippen LogP contribution in [0.4, 0.5) is 11.4 Å². The molecule has 5 nitrogen and oxygen atoms in total. The van der Waals surface area contributed by atoms with Crippen molar-refractivity contribution in [1.82, 2.24) is 9.78 Å². The Balaban J connectivity index is 1.62. The van der Waals surface area contributed by atoms with Crippen molar-refractivity contribution in [2.45, 2.75) is 32.2 Å². The fourth-order valence-corrected chi connectivity index (χ4v) is 2.66. The summed E-state index contributed by atoms with van der Waals surface area (Å²) in [5.41, 5.74) is 3.13. The minimum absolute atomic E-state index is 0.0295. The SMILES string of the molecule is CC(C)n1cc(NC(=O)CC2CNc3ccccc32)cn1. The largest absolute Gasteiger partial charge is 0.384 e. The number of nitrogens with one attached hydrogen (secondary N) is 2. The topological polar surface area (TPSA) is 59.0 Å². The minimum atomic E-state index is 0.0295. The summed E-state index contributed by atoms with van der Waals surface area (Å²) in [4.78, 5) is 12.2. The molecule has 1 aliphatic heterocycles. The lowest BCUT2D eigenvalue weighted by molar-refractivity contribution is -0.116. The van der Waals surface area contributed by atoms with Gasteiger partial charge in [0.25, 0.3) is 0 Å². The van der Waals surface area contributed by atoms with E-state index < -0.39 is 0 Å². The Bertz CT molecular complexity index is 647. The lowest BCUT2D eigenvalue weighted by atomic mass is 9.97. The molecule has 0 saturated carbocycles. The zero-order valence-electron chi connectivity index (χ0n) is 12.3. The lowest BCUT2D eigenvalue weighted by Gasteiger charge is -2.09. The quantitative estimate of drug-likeness (QED) is 0.907. The highest BCUT2D eigenvalue weighted by molar-refractivity contribution is 5.91. The van der Waals surface area contributed by atoms with Crippen LogP contribution in [0, 0.1) is 0 Å². The molecular weight excluding hydrogens is 264 g/mol. The number of anilines is 2. The second-order valence-electron chi connectivity index (χ2n) is 5.72. The van der Waals surface area contributed by atoms with Gasteiger partial charge in [0, 0.05) is 36.8 Å². The highest BCUT2D eigenvalue weighted by Gasteiger charge is 2.24. The summed E-state index contributed by atoms with van der Waals surface area (Å²) in [7, 11) is 0. The predicted molar refractivity (Wildman–Crippen MR) is 83.5 cm³/mol. The summed E-state index contributed by atoms with van der Waals surface area (Å²) in [6.45, 7) is 4.93. The number of carbonyl (C=O) groups is 1. The third-order valence-electron chi connectivity index (χ3n) is 3.79. The first-order chi connectivity index (χ1) is 10.1. The molecule has 110 valence electrons. The normalized spacial score (nSPS) is 16.6. The molecule has 0 spiro atoms. The van der Waals surface area contributed by atoms with Crippen LogP contribution in [-0.4, -0.2) is 22.2 Å². The van der Waals surface area contributed by atoms with Crippen molar-refractivity contribution in [2.24, 2.45) is 0 Å². The van der Waals surface area contributed by atoms with E-state index in [4.69, 9.17) is 0 Å². The standard InChI is InChI=1S/C16H20N4O/c1-11(2)20-10-13(9-18-20)19-16(21)7-12-8-17-15-6-4-3-5-14(12)15/h3-6,9-12,17H,7-8H2,1-2H3,(H,19,21). The van der Waals surface area contributed by atoms with Crippen LogP contribution in [0.3, 0.4) is 0 Å². The molecule has 2 N–H and O–H groups in total. The van der Waals surface area contributed by atoms with Crippen molar-refractivity contribution in [3.8, 4) is 0 Å². The monoisotopic (exact) mass is 284 g/mol. The predicted octanol–water partition coefficient (Wildman–Crippen LogP) is 3.00. The molecule has 0 bridgehead atoms. The van der Waals surface area contributed by atoms with E-state index in [1.54, 1.807) is 6.20 Å². The Morgan fingerprint density at radius 1 is 1.48 bits per heavy atom. The first-order valence-electron chi connectivity index (χ1n) is 7.30. The molecule has 0 radical (unpaired) electrons. The van der Waals surface area contributed by atoms with Crippen LogP contribution < -0.4 is 10.6 Å². The molecule has 1 atom stereocenters. The molecule has 1 aromatic heterocycles.